The lowest BCUT2D eigenvalue weighted by molar-refractivity contribution is 0.0944. The van der Waals surface area contributed by atoms with E-state index >= 15 is 0 Å². The summed E-state index contributed by atoms with van der Waals surface area (Å²) in [6.45, 7) is 5.96. The largest absolute Gasteiger partial charge is 0.358 e. The minimum atomic E-state index is -0.345. The average molecular weight is 284 g/mol. The number of hydrogen-bond acceptors (Lipinski definition) is 2. The minimum Gasteiger partial charge on any atom is -0.358 e. The molecule has 0 fully saturated rings. The summed E-state index contributed by atoms with van der Waals surface area (Å²) in [5, 5.41) is 3.53. The second kappa shape index (κ2) is 6.98. The Morgan fingerprint density at radius 3 is 2.83 bits per heavy atom. The van der Waals surface area contributed by atoms with Gasteiger partial charge in [-0.3, -0.25) is 15.6 Å². The summed E-state index contributed by atoms with van der Waals surface area (Å²) >= 11 is 10.9. The average Bonchev–Trinajstić information content (AvgIpc) is 2.33. The standard InChI is InChI=1S/C12H14ClN3OS/c1-3-6-14-12(18)16-15-11(17)9-5-4-8(2)7-10(9)13/h3-5,7H,1,6H2,2H3,(H,15,17)(H2,14,16,18). The number of hydrazine groups is 1. The third-order valence-corrected chi connectivity index (χ3v) is 2.62. The molecule has 96 valence electrons. The van der Waals surface area contributed by atoms with E-state index in [0.29, 0.717) is 22.2 Å². The molecular weight excluding hydrogens is 270 g/mol. The number of benzene rings is 1. The molecular formula is C12H14ClN3OS. The van der Waals surface area contributed by atoms with E-state index in [9.17, 15) is 4.79 Å². The van der Waals surface area contributed by atoms with Gasteiger partial charge in [-0.15, -0.1) is 6.58 Å². The number of aryl methyl sites for hydroxylation is 1. The van der Waals surface area contributed by atoms with Gasteiger partial charge in [0, 0.05) is 6.54 Å². The van der Waals surface area contributed by atoms with Gasteiger partial charge in [0.25, 0.3) is 5.91 Å². The molecule has 3 N–H and O–H groups in total. The first-order valence-corrected chi connectivity index (χ1v) is 6.04. The molecule has 4 nitrogen and oxygen atoms in total. The smallest absolute Gasteiger partial charge is 0.271 e. The van der Waals surface area contributed by atoms with Crippen LogP contribution in [0.4, 0.5) is 0 Å². The van der Waals surface area contributed by atoms with Gasteiger partial charge in [-0.1, -0.05) is 23.7 Å². The van der Waals surface area contributed by atoms with E-state index in [0.717, 1.165) is 5.56 Å². The van der Waals surface area contributed by atoms with Crippen LogP contribution in [0.15, 0.2) is 30.9 Å². The van der Waals surface area contributed by atoms with E-state index in [1.54, 1.807) is 18.2 Å². The molecule has 0 aliphatic rings. The van der Waals surface area contributed by atoms with E-state index in [1.807, 2.05) is 13.0 Å². The van der Waals surface area contributed by atoms with Gasteiger partial charge in [0.05, 0.1) is 10.6 Å². The van der Waals surface area contributed by atoms with Crippen LogP contribution in [0.1, 0.15) is 15.9 Å². The van der Waals surface area contributed by atoms with Crippen LogP contribution < -0.4 is 16.2 Å². The highest BCUT2D eigenvalue weighted by Crippen LogP contribution is 2.16. The van der Waals surface area contributed by atoms with Crippen molar-refractivity contribution in [2.45, 2.75) is 6.92 Å². The van der Waals surface area contributed by atoms with Crippen LogP contribution >= 0.6 is 23.8 Å². The normalized spacial score (nSPS) is 9.44. The first-order chi connectivity index (χ1) is 8.54. The van der Waals surface area contributed by atoms with Crippen LogP contribution in [-0.4, -0.2) is 17.6 Å². The Kier molecular flexibility index (Phi) is 5.61. The molecule has 0 bridgehead atoms. The quantitative estimate of drug-likeness (QED) is 0.451. The summed E-state index contributed by atoms with van der Waals surface area (Å²) < 4.78 is 0. The van der Waals surface area contributed by atoms with Crippen molar-refractivity contribution in [2.75, 3.05) is 6.54 Å². The molecule has 18 heavy (non-hydrogen) atoms. The molecule has 0 spiro atoms. The molecule has 0 unspecified atom stereocenters. The van der Waals surface area contributed by atoms with Crippen LogP contribution in [-0.2, 0) is 0 Å². The summed E-state index contributed by atoms with van der Waals surface area (Å²) in [6, 6.07) is 5.20. The number of carbonyl (C=O) groups excluding carboxylic acids is 1. The Bertz CT molecular complexity index is 476. The predicted octanol–water partition coefficient (Wildman–Crippen LogP) is 1.94. The van der Waals surface area contributed by atoms with Crippen molar-refractivity contribution in [2.24, 2.45) is 0 Å². The highest BCUT2D eigenvalue weighted by atomic mass is 35.5. The van der Waals surface area contributed by atoms with Crippen molar-refractivity contribution >= 4 is 34.8 Å². The molecule has 0 aliphatic heterocycles. The number of thiocarbonyl (C=S) groups is 1. The zero-order chi connectivity index (χ0) is 13.5. The number of rotatable bonds is 3. The van der Waals surface area contributed by atoms with Crippen molar-refractivity contribution in [1.29, 1.82) is 0 Å². The highest BCUT2D eigenvalue weighted by molar-refractivity contribution is 7.80. The Labute approximate surface area is 116 Å². The minimum absolute atomic E-state index is 0.312. The van der Waals surface area contributed by atoms with Gasteiger partial charge in [0.1, 0.15) is 0 Å². The Hall–Kier alpha value is -1.59. The van der Waals surface area contributed by atoms with E-state index in [-0.39, 0.29) is 5.91 Å². The van der Waals surface area contributed by atoms with Crippen LogP contribution in [0, 0.1) is 6.92 Å². The second-order valence-corrected chi connectivity index (χ2v) is 4.38. The maximum absolute atomic E-state index is 11.8. The lowest BCUT2D eigenvalue weighted by Gasteiger charge is -2.11. The lowest BCUT2D eigenvalue weighted by atomic mass is 10.1. The molecule has 0 saturated heterocycles. The fourth-order valence-electron chi connectivity index (χ4n) is 1.19. The molecule has 6 heteroatoms. The van der Waals surface area contributed by atoms with Gasteiger partial charge in [-0.05, 0) is 36.8 Å². The third-order valence-electron chi connectivity index (χ3n) is 2.07. The number of halogens is 1. The maximum Gasteiger partial charge on any atom is 0.271 e. The Balaban J connectivity index is 2.55. The molecule has 0 radical (unpaired) electrons. The number of hydrogen-bond donors (Lipinski definition) is 3. The Morgan fingerprint density at radius 1 is 1.50 bits per heavy atom. The van der Waals surface area contributed by atoms with Crippen LogP contribution in [0.2, 0.25) is 5.02 Å². The SMILES string of the molecule is C=CCNC(=S)NNC(=O)c1ccc(C)cc1Cl. The predicted molar refractivity (Wildman–Crippen MR) is 77.6 cm³/mol. The van der Waals surface area contributed by atoms with Crippen molar-refractivity contribution in [3.05, 3.63) is 47.0 Å². The summed E-state index contributed by atoms with van der Waals surface area (Å²) in [6.07, 6.45) is 1.66. The van der Waals surface area contributed by atoms with Gasteiger partial charge in [0.2, 0.25) is 0 Å². The summed E-state index contributed by atoms with van der Waals surface area (Å²) in [5.74, 6) is -0.345. The van der Waals surface area contributed by atoms with Gasteiger partial charge < -0.3 is 5.32 Å². The zero-order valence-electron chi connectivity index (χ0n) is 9.92. The zero-order valence-corrected chi connectivity index (χ0v) is 11.5. The number of carbonyl (C=O) groups is 1. The third kappa shape index (κ3) is 4.35. The highest BCUT2D eigenvalue weighted by Gasteiger charge is 2.09. The first-order valence-electron chi connectivity index (χ1n) is 5.26. The number of amides is 1. The van der Waals surface area contributed by atoms with Gasteiger partial charge in [-0.25, -0.2) is 0 Å². The number of nitrogens with one attached hydrogen (secondary N) is 3. The lowest BCUT2D eigenvalue weighted by Crippen LogP contribution is -2.46. The monoisotopic (exact) mass is 283 g/mol. The van der Waals surface area contributed by atoms with Gasteiger partial charge in [0.15, 0.2) is 5.11 Å². The van der Waals surface area contributed by atoms with Crippen LogP contribution in [0.3, 0.4) is 0 Å². The van der Waals surface area contributed by atoms with Crippen molar-refractivity contribution in [1.82, 2.24) is 16.2 Å². The second-order valence-electron chi connectivity index (χ2n) is 3.56. The van der Waals surface area contributed by atoms with Crippen LogP contribution in [0.5, 0.6) is 0 Å². The van der Waals surface area contributed by atoms with E-state index in [1.165, 1.54) is 0 Å². The fourth-order valence-corrected chi connectivity index (χ4v) is 1.65. The van der Waals surface area contributed by atoms with Gasteiger partial charge in [-0.2, -0.15) is 0 Å². The molecule has 0 atom stereocenters. The Morgan fingerprint density at radius 2 is 2.22 bits per heavy atom. The van der Waals surface area contributed by atoms with Gasteiger partial charge >= 0.3 is 0 Å². The first kappa shape index (κ1) is 14.5. The van der Waals surface area contributed by atoms with E-state index in [4.69, 9.17) is 23.8 Å². The molecule has 0 saturated carbocycles. The maximum atomic E-state index is 11.8. The summed E-state index contributed by atoms with van der Waals surface area (Å²) in [5.41, 5.74) is 6.41. The van der Waals surface area contributed by atoms with Crippen molar-refractivity contribution in [3.8, 4) is 0 Å². The van der Waals surface area contributed by atoms with Crippen molar-refractivity contribution < 1.29 is 4.79 Å². The summed E-state index contributed by atoms with van der Waals surface area (Å²) in [7, 11) is 0. The molecule has 1 aromatic rings. The molecule has 0 aromatic heterocycles. The van der Waals surface area contributed by atoms with E-state index < -0.39 is 0 Å². The molecule has 0 heterocycles. The van der Waals surface area contributed by atoms with Crippen molar-refractivity contribution in [3.63, 3.8) is 0 Å². The summed E-state index contributed by atoms with van der Waals surface area (Å²) in [4.78, 5) is 11.8. The molecule has 1 rings (SSSR count). The van der Waals surface area contributed by atoms with E-state index in [2.05, 4.69) is 22.7 Å². The molecule has 0 aliphatic carbocycles. The topological polar surface area (TPSA) is 53.2 Å². The van der Waals surface area contributed by atoms with Crippen LogP contribution in [0.25, 0.3) is 0 Å². The fraction of sp³-hybridized carbons (Fsp3) is 0.167. The molecule has 1 amide bonds. The molecule has 1 aromatic carbocycles.